The van der Waals surface area contributed by atoms with Crippen LogP contribution in [0.15, 0.2) is 0 Å². The fraction of sp³-hybridized carbons (Fsp3) is 1.00. The molecule has 1 fully saturated rings. The number of likely N-dealkylation sites (N-methyl/N-ethyl adjacent to an activating group) is 1. The normalized spacial score (nSPS) is 17.2. The molecule has 1 aliphatic rings. The molecule has 0 heterocycles. The lowest BCUT2D eigenvalue weighted by Gasteiger charge is -2.26. The van der Waals surface area contributed by atoms with E-state index >= 15 is 0 Å². The molecule has 1 rings (SSSR count). The molecule has 0 aromatic carbocycles. The van der Waals surface area contributed by atoms with E-state index < -0.39 is 0 Å². The predicted octanol–water partition coefficient (Wildman–Crippen LogP) is 2.43. The monoisotopic (exact) mass is 269 g/mol. The van der Waals surface area contributed by atoms with E-state index in [-0.39, 0.29) is 0 Å². The van der Waals surface area contributed by atoms with E-state index in [1.54, 1.807) is 0 Å². The Balaban J connectivity index is 2.11. The predicted molar refractivity (Wildman–Crippen MR) is 84.7 cm³/mol. The first-order chi connectivity index (χ1) is 9.08. The van der Waals surface area contributed by atoms with Crippen LogP contribution in [0.1, 0.15) is 46.0 Å². The second-order valence-electron chi connectivity index (χ2n) is 6.79. The Labute approximate surface area is 120 Å². The van der Waals surface area contributed by atoms with Crippen molar-refractivity contribution in [3.8, 4) is 0 Å². The zero-order valence-electron chi connectivity index (χ0n) is 13.6. The molecule has 3 heteroatoms. The Morgan fingerprint density at radius 2 is 1.74 bits per heavy atom. The molecule has 0 spiro atoms. The Bertz CT molecular complexity index is 210. The fourth-order valence-electron chi connectivity index (χ4n) is 2.89. The standard InChI is InChI=1S/C16H35N3/c1-15(2)14-19(13-12-18(3)4)11-7-10-17-16-8-5-6-9-16/h15-17H,5-14H2,1-4H3. The van der Waals surface area contributed by atoms with Crippen LogP contribution in [-0.4, -0.2) is 62.7 Å². The Morgan fingerprint density at radius 1 is 1.05 bits per heavy atom. The van der Waals surface area contributed by atoms with Gasteiger partial charge in [0.1, 0.15) is 0 Å². The smallest absolute Gasteiger partial charge is 0.0109 e. The van der Waals surface area contributed by atoms with Gasteiger partial charge in [-0.25, -0.2) is 0 Å². The van der Waals surface area contributed by atoms with E-state index in [1.165, 1.54) is 64.8 Å². The van der Waals surface area contributed by atoms with Crippen molar-refractivity contribution < 1.29 is 0 Å². The van der Waals surface area contributed by atoms with Crippen molar-refractivity contribution in [2.45, 2.75) is 52.0 Å². The molecule has 0 saturated heterocycles. The zero-order valence-corrected chi connectivity index (χ0v) is 13.6. The molecule has 0 bridgehead atoms. The summed E-state index contributed by atoms with van der Waals surface area (Å²) in [5.74, 6) is 0.768. The average molecular weight is 269 g/mol. The molecule has 0 aromatic heterocycles. The zero-order chi connectivity index (χ0) is 14.1. The van der Waals surface area contributed by atoms with Gasteiger partial charge < -0.3 is 15.1 Å². The average Bonchev–Trinajstić information content (AvgIpc) is 2.83. The van der Waals surface area contributed by atoms with E-state index in [2.05, 4.69) is 43.1 Å². The van der Waals surface area contributed by atoms with E-state index in [1.807, 2.05) is 0 Å². The Hall–Kier alpha value is -0.120. The van der Waals surface area contributed by atoms with Crippen LogP contribution in [0.2, 0.25) is 0 Å². The number of hydrogen-bond acceptors (Lipinski definition) is 3. The van der Waals surface area contributed by atoms with Gasteiger partial charge in [-0.3, -0.25) is 0 Å². The number of rotatable bonds is 10. The lowest BCUT2D eigenvalue weighted by Crippen LogP contribution is -2.37. The molecule has 0 unspecified atom stereocenters. The van der Waals surface area contributed by atoms with E-state index in [9.17, 15) is 0 Å². The topological polar surface area (TPSA) is 18.5 Å². The maximum Gasteiger partial charge on any atom is 0.0109 e. The second kappa shape index (κ2) is 9.73. The molecule has 1 saturated carbocycles. The van der Waals surface area contributed by atoms with Gasteiger partial charge in [0.25, 0.3) is 0 Å². The molecule has 0 amide bonds. The summed E-state index contributed by atoms with van der Waals surface area (Å²) in [5.41, 5.74) is 0. The third-order valence-electron chi connectivity index (χ3n) is 3.93. The summed E-state index contributed by atoms with van der Waals surface area (Å²) in [6.45, 7) is 10.7. The van der Waals surface area contributed by atoms with Crippen molar-refractivity contribution in [3.05, 3.63) is 0 Å². The SMILES string of the molecule is CC(C)CN(CCCNC1CCCC1)CCN(C)C. The summed E-state index contributed by atoms with van der Waals surface area (Å²) in [7, 11) is 4.32. The van der Waals surface area contributed by atoms with Gasteiger partial charge in [-0.05, 0) is 52.4 Å². The van der Waals surface area contributed by atoms with Crippen LogP contribution in [0.3, 0.4) is 0 Å². The third kappa shape index (κ3) is 8.61. The summed E-state index contributed by atoms with van der Waals surface area (Å²) in [6.07, 6.45) is 6.95. The lowest BCUT2D eigenvalue weighted by molar-refractivity contribution is 0.215. The highest BCUT2D eigenvalue weighted by Crippen LogP contribution is 2.17. The van der Waals surface area contributed by atoms with Crippen LogP contribution >= 0.6 is 0 Å². The van der Waals surface area contributed by atoms with E-state index in [4.69, 9.17) is 0 Å². The lowest BCUT2D eigenvalue weighted by atomic mass is 10.2. The van der Waals surface area contributed by atoms with Crippen LogP contribution in [0.5, 0.6) is 0 Å². The van der Waals surface area contributed by atoms with Gasteiger partial charge in [-0.15, -0.1) is 0 Å². The molecule has 1 N–H and O–H groups in total. The van der Waals surface area contributed by atoms with E-state index in [0.717, 1.165) is 12.0 Å². The van der Waals surface area contributed by atoms with E-state index in [0.29, 0.717) is 0 Å². The second-order valence-corrected chi connectivity index (χ2v) is 6.79. The highest BCUT2D eigenvalue weighted by molar-refractivity contribution is 4.73. The Kier molecular flexibility index (Phi) is 8.67. The van der Waals surface area contributed by atoms with Gasteiger partial charge in [0.2, 0.25) is 0 Å². The first-order valence-corrected chi connectivity index (χ1v) is 8.18. The van der Waals surface area contributed by atoms with Crippen molar-refractivity contribution in [2.24, 2.45) is 5.92 Å². The molecule has 0 aliphatic heterocycles. The van der Waals surface area contributed by atoms with Gasteiger partial charge >= 0.3 is 0 Å². The van der Waals surface area contributed by atoms with Gasteiger partial charge in [0.05, 0.1) is 0 Å². The molecule has 0 radical (unpaired) electrons. The van der Waals surface area contributed by atoms with Gasteiger partial charge in [0.15, 0.2) is 0 Å². The molecular weight excluding hydrogens is 234 g/mol. The fourth-order valence-corrected chi connectivity index (χ4v) is 2.89. The van der Waals surface area contributed by atoms with Crippen LogP contribution in [0, 0.1) is 5.92 Å². The van der Waals surface area contributed by atoms with Crippen molar-refractivity contribution in [2.75, 3.05) is 46.8 Å². The summed E-state index contributed by atoms with van der Waals surface area (Å²) in [5, 5.41) is 3.72. The summed E-state index contributed by atoms with van der Waals surface area (Å²) in [4.78, 5) is 4.91. The summed E-state index contributed by atoms with van der Waals surface area (Å²) >= 11 is 0. The highest BCUT2D eigenvalue weighted by Gasteiger charge is 2.13. The van der Waals surface area contributed by atoms with Crippen LogP contribution in [0.4, 0.5) is 0 Å². The van der Waals surface area contributed by atoms with Crippen molar-refractivity contribution in [1.82, 2.24) is 15.1 Å². The first kappa shape index (κ1) is 16.9. The molecular formula is C16H35N3. The number of nitrogens with one attached hydrogen (secondary N) is 1. The quantitative estimate of drug-likeness (QED) is 0.615. The van der Waals surface area contributed by atoms with Gasteiger partial charge in [0, 0.05) is 25.7 Å². The molecule has 1 aliphatic carbocycles. The molecule has 19 heavy (non-hydrogen) atoms. The van der Waals surface area contributed by atoms with Crippen LogP contribution < -0.4 is 5.32 Å². The van der Waals surface area contributed by atoms with Crippen molar-refractivity contribution in [1.29, 1.82) is 0 Å². The Morgan fingerprint density at radius 3 is 2.32 bits per heavy atom. The number of nitrogens with zero attached hydrogens (tertiary/aromatic N) is 2. The van der Waals surface area contributed by atoms with Gasteiger partial charge in [-0.2, -0.15) is 0 Å². The highest BCUT2D eigenvalue weighted by atomic mass is 15.2. The maximum absolute atomic E-state index is 3.72. The van der Waals surface area contributed by atoms with Crippen LogP contribution in [0.25, 0.3) is 0 Å². The minimum absolute atomic E-state index is 0.768. The molecule has 114 valence electrons. The number of hydrogen-bond donors (Lipinski definition) is 1. The minimum atomic E-state index is 0.768. The maximum atomic E-state index is 3.72. The summed E-state index contributed by atoms with van der Waals surface area (Å²) < 4.78 is 0. The van der Waals surface area contributed by atoms with Crippen molar-refractivity contribution in [3.63, 3.8) is 0 Å². The summed E-state index contributed by atoms with van der Waals surface area (Å²) in [6, 6.07) is 0.820. The van der Waals surface area contributed by atoms with Crippen molar-refractivity contribution >= 4 is 0 Å². The van der Waals surface area contributed by atoms with Crippen LogP contribution in [-0.2, 0) is 0 Å². The minimum Gasteiger partial charge on any atom is -0.314 e. The first-order valence-electron chi connectivity index (χ1n) is 8.18. The van der Waals surface area contributed by atoms with Gasteiger partial charge in [-0.1, -0.05) is 26.7 Å². The molecule has 3 nitrogen and oxygen atoms in total. The molecule has 0 atom stereocenters. The largest absolute Gasteiger partial charge is 0.314 e. The third-order valence-corrected chi connectivity index (χ3v) is 3.93. The molecule has 0 aromatic rings.